The van der Waals surface area contributed by atoms with Crippen LogP contribution in [-0.4, -0.2) is 46.8 Å². The molecule has 4 N–H and O–H groups in total. The molecule has 1 saturated carbocycles. The first kappa shape index (κ1) is 21.2. The Kier molecular flexibility index (Phi) is 6.44. The molecule has 1 aromatic heterocycles. The van der Waals surface area contributed by atoms with Crippen molar-refractivity contribution < 1.29 is 19.0 Å². The van der Waals surface area contributed by atoms with E-state index in [1.54, 1.807) is 12.3 Å². The van der Waals surface area contributed by atoms with Crippen molar-refractivity contribution in [2.24, 2.45) is 5.92 Å². The van der Waals surface area contributed by atoms with Crippen LogP contribution >= 0.6 is 0 Å². The van der Waals surface area contributed by atoms with E-state index in [4.69, 9.17) is 10.5 Å². The lowest BCUT2D eigenvalue weighted by Gasteiger charge is -2.22. The highest BCUT2D eigenvalue weighted by molar-refractivity contribution is 5.95. The van der Waals surface area contributed by atoms with Crippen molar-refractivity contribution in [2.75, 3.05) is 25.6 Å². The van der Waals surface area contributed by atoms with Gasteiger partial charge in [0, 0.05) is 30.6 Å². The van der Waals surface area contributed by atoms with Gasteiger partial charge in [-0.1, -0.05) is 17.9 Å². The number of anilines is 1. The largest absolute Gasteiger partial charge is 0.393 e. The van der Waals surface area contributed by atoms with Crippen LogP contribution in [0.5, 0.6) is 0 Å². The van der Waals surface area contributed by atoms with Crippen molar-refractivity contribution in [3.8, 4) is 23.1 Å². The molecule has 31 heavy (non-hydrogen) atoms. The number of hydrogen-bond acceptors (Lipinski definition) is 6. The Bertz CT molecular complexity index is 1020. The monoisotopic (exact) mass is 424 g/mol. The molecule has 1 aliphatic carbocycles. The Hall–Kier alpha value is -3.02. The normalized spacial score (nSPS) is 17.5. The van der Waals surface area contributed by atoms with Gasteiger partial charge < -0.3 is 20.9 Å². The van der Waals surface area contributed by atoms with E-state index in [-0.39, 0.29) is 23.9 Å². The average Bonchev–Trinajstić information content (AvgIpc) is 3.62. The molecule has 1 amide bonds. The molecular formula is C23H25FN4O3. The molecule has 162 valence electrons. The molecule has 1 aromatic carbocycles. The van der Waals surface area contributed by atoms with Crippen LogP contribution in [0.3, 0.4) is 0 Å². The first-order valence-electron chi connectivity index (χ1n) is 10.5. The topological polar surface area (TPSA) is 110 Å². The summed E-state index contributed by atoms with van der Waals surface area (Å²) >= 11 is 0. The second kappa shape index (κ2) is 9.41. The second-order valence-electron chi connectivity index (χ2n) is 7.88. The predicted octanol–water partition coefficient (Wildman–Crippen LogP) is 2.26. The molecular weight excluding hydrogens is 399 g/mol. The van der Waals surface area contributed by atoms with E-state index in [2.05, 4.69) is 27.1 Å². The van der Waals surface area contributed by atoms with Crippen molar-refractivity contribution in [3.05, 3.63) is 41.5 Å². The lowest BCUT2D eigenvalue weighted by molar-refractivity contribution is 0.0844. The van der Waals surface area contributed by atoms with Gasteiger partial charge in [-0.2, -0.15) is 0 Å². The molecule has 7 nitrogen and oxygen atoms in total. The Morgan fingerprint density at radius 1 is 1.32 bits per heavy atom. The molecule has 8 heteroatoms. The van der Waals surface area contributed by atoms with Crippen molar-refractivity contribution in [2.45, 2.75) is 37.6 Å². The number of benzene rings is 1. The molecule has 0 radical (unpaired) electrons. The maximum Gasteiger partial charge on any atom is 0.255 e. The molecule has 1 aliphatic heterocycles. The van der Waals surface area contributed by atoms with Crippen molar-refractivity contribution in [3.63, 3.8) is 0 Å². The van der Waals surface area contributed by atoms with Gasteiger partial charge in [0.05, 0.1) is 24.1 Å². The highest BCUT2D eigenvalue weighted by Gasteiger charge is 2.22. The number of hydrogen-bond donors (Lipinski definition) is 3. The highest BCUT2D eigenvalue weighted by atomic mass is 19.1. The van der Waals surface area contributed by atoms with Gasteiger partial charge in [-0.3, -0.25) is 4.79 Å². The standard InChI is InChI=1S/C23H25FN4O3/c24-19-11-16(21-22(25)26-12-20(28-21)15-7-9-31-10-8-15)4-6-18(19)23(30)27-17(13-29)5-3-14-1-2-14/h4,6,11-12,14-15,17,29H,1-2,7-10,13H2,(H2,25,26)(H,27,30)/t17-/m0/s1. The maximum absolute atomic E-state index is 14.8. The fraction of sp³-hybridized carbons (Fsp3) is 0.435. The number of nitrogens with two attached hydrogens (primary N) is 1. The number of rotatable bonds is 5. The van der Waals surface area contributed by atoms with Crippen LogP contribution in [0.25, 0.3) is 11.3 Å². The Morgan fingerprint density at radius 2 is 2.10 bits per heavy atom. The quantitative estimate of drug-likeness (QED) is 0.635. The highest BCUT2D eigenvalue weighted by Crippen LogP contribution is 2.30. The number of ether oxygens (including phenoxy) is 1. The number of aliphatic hydroxyl groups excluding tert-OH is 1. The number of amides is 1. The van der Waals surface area contributed by atoms with E-state index in [9.17, 15) is 14.3 Å². The number of aliphatic hydroxyl groups is 1. The van der Waals surface area contributed by atoms with E-state index in [1.165, 1.54) is 12.1 Å². The lowest BCUT2D eigenvalue weighted by Crippen LogP contribution is -2.36. The van der Waals surface area contributed by atoms with Crippen LogP contribution < -0.4 is 11.1 Å². The minimum atomic E-state index is -0.732. The zero-order valence-electron chi connectivity index (χ0n) is 17.1. The number of nitrogen functional groups attached to an aromatic ring is 1. The van der Waals surface area contributed by atoms with Gasteiger partial charge in [0.25, 0.3) is 5.91 Å². The third kappa shape index (κ3) is 5.19. The average molecular weight is 424 g/mol. The summed E-state index contributed by atoms with van der Waals surface area (Å²) in [6, 6.07) is 3.47. The first-order valence-corrected chi connectivity index (χ1v) is 10.5. The molecule has 0 spiro atoms. The third-order valence-electron chi connectivity index (χ3n) is 5.47. The number of nitrogens with one attached hydrogen (secondary N) is 1. The summed E-state index contributed by atoms with van der Waals surface area (Å²) in [6.07, 6.45) is 5.43. The van der Waals surface area contributed by atoms with Crippen LogP contribution in [0.4, 0.5) is 10.2 Å². The molecule has 2 fully saturated rings. The van der Waals surface area contributed by atoms with Crippen LogP contribution in [0.2, 0.25) is 0 Å². The van der Waals surface area contributed by atoms with Crippen molar-refractivity contribution in [1.29, 1.82) is 0 Å². The fourth-order valence-electron chi connectivity index (χ4n) is 3.47. The van der Waals surface area contributed by atoms with E-state index >= 15 is 0 Å². The third-order valence-corrected chi connectivity index (χ3v) is 5.47. The number of aromatic nitrogens is 2. The molecule has 2 aromatic rings. The molecule has 0 unspecified atom stereocenters. The SMILES string of the molecule is Nc1ncc(C2CCOCC2)nc1-c1ccc(C(=O)N[C@@H](C#CC2CC2)CO)c(F)c1. The van der Waals surface area contributed by atoms with Crippen molar-refractivity contribution >= 4 is 11.7 Å². The van der Waals surface area contributed by atoms with Gasteiger partial charge in [-0.25, -0.2) is 14.4 Å². The number of halogens is 1. The fourth-order valence-corrected chi connectivity index (χ4v) is 3.47. The van der Waals surface area contributed by atoms with E-state index in [0.717, 1.165) is 31.4 Å². The summed E-state index contributed by atoms with van der Waals surface area (Å²) in [7, 11) is 0. The Balaban J connectivity index is 1.53. The number of nitrogens with zero attached hydrogens (tertiary/aromatic N) is 2. The molecule has 1 saturated heterocycles. The van der Waals surface area contributed by atoms with Gasteiger partial charge in [0.2, 0.25) is 0 Å². The summed E-state index contributed by atoms with van der Waals surface area (Å²) in [5, 5.41) is 12.0. The van der Waals surface area contributed by atoms with E-state index in [0.29, 0.717) is 30.4 Å². The van der Waals surface area contributed by atoms with E-state index < -0.39 is 17.8 Å². The second-order valence-corrected chi connectivity index (χ2v) is 7.88. The summed E-state index contributed by atoms with van der Waals surface area (Å²) in [5.74, 6) is 5.24. The smallest absolute Gasteiger partial charge is 0.255 e. The molecule has 2 heterocycles. The predicted molar refractivity (Wildman–Crippen MR) is 113 cm³/mol. The van der Waals surface area contributed by atoms with Crippen molar-refractivity contribution in [1.82, 2.24) is 15.3 Å². The van der Waals surface area contributed by atoms with Gasteiger partial charge in [0.15, 0.2) is 0 Å². The molecule has 1 atom stereocenters. The first-order chi connectivity index (χ1) is 15.0. The minimum absolute atomic E-state index is 0.137. The van der Waals surface area contributed by atoms with E-state index in [1.807, 2.05) is 0 Å². The van der Waals surface area contributed by atoms with Gasteiger partial charge in [0.1, 0.15) is 23.4 Å². The maximum atomic E-state index is 14.8. The van der Waals surface area contributed by atoms with Gasteiger partial charge in [-0.15, -0.1) is 0 Å². The summed E-state index contributed by atoms with van der Waals surface area (Å²) < 4.78 is 20.2. The molecule has 2 aliphatic rings. The number of carbonyl (C=O) groups is 1. The zero-order valence-corrected chi connectivity index (χ0v) is 17.1. The summed E-state index contributed by atoms with van der Waals surface area (Å²) in [5.41, 5.74) is 7.50. The summed E-state index contributed by atoms with van der Waals surface area (Å²) in [6.45, 7) is 1.00. The van der Waals surface area contributed by atoms with Crippen LogP contribution in [0, 0.1) is 23.6 Å². The Labute approximate surface area is 180 Å². The van der Waals surface area contributed by atoms with Gasteiger partial charge in [-0.05, 0) is 37.8 Å². The summed E-state index contributed by atoms with van der Waals surface area (Å²) in [4.78, 5) is 21.3. The van der Waals surface area contributed by atoms with Crippen LogP contribution in [-0.2, 0) is 4.74 Å². The lowest BCUT2D eigenvalue weighted by atomic mass is 9.96. The number of carbonyl (C=O) groups excluding carboxylic acids is 1. The molecule has 4 rings (SSSR count). The van der Waals surface area contributed by atoms with Crippen LogP contribution in [0.15, 0.2) is 24.4 Å². The van der Waals surface area contributed by atoms with Gasteiger partial charge >= 0.3 is 0 Å². The zero-order chi connectivity index (χ0) is 21.8. The minimum Gasteiger partial charge on any atom is -0.393 e. The van der Waals surface area contributed by atoms with Crippen LogP contribution in [0.1, 0.15) is 47.7 Å². The Morgan fingerprint density at radius 3 is 2.77 bits per heavy atom. The molecule has 0 bridgehead atoms.